The highest BCUT2D eigenvalue weighted by atomic mass is 32.2. The van der Waals surface area contributed by atoms with Gasteiger partial charge < -0.3 is 13.6 Å². The number of hydrogen-bond donors (Lipinski definition) is 0. The molecular weight excluding hydrogens is 360 g/mol. The molecule has 142 valence electrons. The van der Waals surface area contributed by atoms with Crippen LogP contribution in [0.2, 0.25) is 0 Å². The molecule has 1 fully saturated rings. The number of carbonyl (C=O) groups excluding carboxylic acids is 1. The molecule has 1 aliphatic carbocycles. The van der Waals surface area contributed by atoms with Crippen molar-refractivity contribution < 1.29 is 9.21 Å². The third-order valence-corrected chi connectivity index (χ3v) is 6.33. The molecule has 0 amide bonds. The van der Waals surface area contributed by atoms with Crippen molar-refractivity contribution in [1.82, 2.24) is 19.3 Å². The summed E-state index contributed by atoms with van der Waals surface area (Å²) in [6, 6.07) is 5.80. The summed E-state index contributed by atoms with van der Waals surface area (Å²) in [4.78, 5) is 13.1. The Morgan fingerprint density at radius 2 is 2.15 bits per heavy atom. The van der Waals surface area contributed by atoms with E-state index in [2.05, 4.69) is 14.8 Å². The molecule has 1 atom stereocenters. The van der Waals surface area contributed by atoms with Gasteiger partial charge in [0.25, 0.3) is 0 Å². The fourth-order valence-corrected chi connectivity index (χ4v) is 4.30. The SMILES string of the molecule is Cc1cc(C(=O)[C@H](C)Sc2nnc(C3CC3)n2C)c(C)n1Cc1ccco1. The van der Waals surface area contributed by atoms with Crippen molar-refractivity contribution in [2.75, 3.05) is 0 Å². The minimum Gasteiger partial charge on any atom is -0.467 e. The number of nitrogens with zero attached hydrogens (tertiary/aromatic N) is 4. The van der Waals surface area contributed by atoms with E-state index >= 15 is 0 Å². The minimum absolute atomic E-state index is 0.120. The largest absolute Gasteiger partial charge is 0.467 e. The third-order valence-electron chi connectivity index (χ3n) is 5.20. The van der Waals surface area contributed by atoms with E-state index in [1.165, 1.54) is 24.6 Å². The normalized spacial score (nSPS) is 15.3. The van der Waals surface area contributed by atoms with Crippen LogP contribution in [0.4, 0.5) is 0 Å². The molecule has 6 nitrogen and oxygen atoms in total. The van der Waals surface area contributed by atoms with Crippen LogP contribution in [0.3, 0.4) is 0 Å². The lowest BCUT2D eigenvalue weighted by molar-refractivity contribution is 0.0993. The third kappa shape index (κ3) is 3.48. The summed E-state index contributed by atoms with van der Waals surface area (Å²) in [5, 5.41) is 9.18. The Morgan fingerprint density at radius 3 is 2.81 bits per heavy atom. The van der Waals surface area contributed by atoms with Gasteiger partial charge in [0.15, 0.2) is 10.9 Å². The summed E-state index contributed by atoms with van der Waals surface area (Å²) >= 11 is 1.48. The molecule has 1 saturated carbocycles. The van der Waals surface area contributed by atoms with Crippen LogP contribution in [-0.4, -0.2) is 30.4 Å². The lowest BCUT2D eigenvalue weighted by atomic mass is 10.1. The Balaban J connectivity index is 1.52. The van der Waals surface area contributed by atoms with Crippen LogP contribution >= 0.6 is 11.8 Å². The number of furan rings is 1. The topological polar surface area (TPSA) is 65.8 Å². The Hall–Kier alpha value is -2.28. The molecule has 0 radical (unpaired) electrons. The standard InChI is InChI=1S/C20H24N4O2S/c1-12-10-17(13(2)24(12)11-16-6-5-9-26-16)18(25)14(3)27-20-22-21-19(23(20)4)15-7-8-15/h5-6,9-10,14-15H,7-8,11H2,1-4H3/t14-/m0/s1. The molecule has 27 heavy (non-hydrogen) atoms. The van der Waals surface area contributed by atoms with Crippen LogP contribution in [0.1, 0.15) is 59.0 Å². The van der Waals surface area contributed by atoms with Crippen molar-refractivity contribution in [3.05, 3.63) is 53.0 Å². The fraction of sp³-hybridized carbons (Fsp3) is 0.450. The van der Waals surface area contributed by atoms with Gasteiger partial charge in [0.1, 0.15) is 11.6 Å². The molecule has 1 aliphatic rings. The van der Waals surface area contributed by atoms with Gasteiger partial charge >= 0.3 is 0 Å². The lowest BCUT2D eigenvalue weighted by Gasteiger charge is -2.11. The van der Waals surface area contributed by atoms with Crippen molar-refractivity contribution in [3.8, 4) is 0 Å². The van der Waals surface area contributed by atoms with E-state index in [1.54, 1.807) is 6.26 Å². The van der Waals surface area contributed by atoms with Gasteiger partial charge in [-0.2, -0.15) is 0 Å². The Bertz CT molecular complexity index is 967. The fourth-order valence-electron chi connectivity index (χ4n) is 3.41. The molecule has 3 aromatic rings. The molecular formula is C20H24N4O2S. The van der Waals surface area contributed by atoms with Crippen LogP contribution < -0.4 is 0 Å². The molecule has 7 heteroatoms. The molecule has 4 rings (SSSR count). The summed E-state index contributed by atoms with van der Waals surface area (Å²) in [5.74, 6) is 2.58. The highest BCUT2D eigenvalue weighted by molar-refractivity contribution is 8.00. The molecule has 0 unspecified atom stereocenters. The quantitative estimate of drug-likeness (QED) is 0.453. The van der Waals surface area contributed by atoms with Gasteiger partial charge in [-0.15, -0.1) is 10.2 Å². The maximum atomic E-state index is 13.1. The van der Waals surface area contributed by atoms with Crippen molar-refractivity contribution in [2.45, 2.75) is 56.5 Å². The van der Waals surface area contributed by atoms with Gasteiger partial charge in [0.05, 0.1) is 18.1 Å². The smallest absolute Gasteiger partial charge is 0.191 e. The van der Waals surface area contributed by atoms with E-state index in [4.69, 9.17) is 4.42 Å². The summed E-state index contributed by atoms with van der Waals surface area (Å²) in [6.07, 6.45) is 4.05. The van der Waals surface area contributed by atoms with Gasteiger partial charge in [-0.25, -0.2) is 0 Å². The maximum absolute atomic E-state index is 13.1. The van der Waals surface area contributed by atoms with E-state index in [1.807, 2.05) is 50.6 Å². The van der Waals surface area contributed by atoms with Crippen molar-refractivity contribution in [1.29, 1.82) is 0 Å². The Morgan fingerprint density at radius 1 is 1.37 bits per heavy atom. The van der Waals surface area contributed by atoms with Crippen LogP contribution in [0.25, 0.3) is 0 Å². The van der Waals surface area contributed by atoms with E-state index in [9.17, 15) is 4.79 Å². The predicted octanol–water partition coefficient (Wildman–Crippen LogP) is 4.12. The summed E-state index contributed by atoms with van der Waals surface area (Å²) in [5.41, 5.74) is 2.79. The molecule has 0 spiro atoms. The first-order valence-corrected chi connectivity index (χ1v) is 10.1. The number of aromatic nitrogens is 4. The highest BCUT2D eigenvalue weighted by Gasteiger charge is 2.30. The van der Waals surface area contributed by atoms with Crippen LogP contribution in [0, 0.1) is 13.8 Å². The molecule has 0 saturated heterocycles. The molecule has 3 aromatic heterocycles. The number of Topliss-reactive ketones (excluding diaryl/α,β-unsaturated/α-hetero) is 1. The molecule has 3 heterocycles. The van der Waals surface area contributed by atoms with Crippen LogP contribution in [0.15, 0.2) is 34.0 Å². The predicted molar refractivity (Wildman–Crippen MR) is 104 cm³/mol. The van der Waals surface area contributed by atoms with E-state index in [0.29, 0.717) is 12.5 Å². The number of ketones is 1. The Labute approximate surface area is 163 Å². The van der Waals surface area contributed by atoms with Gasteiger partial charge in [0.2, 0.25) is 0 Å². The minimum atomic E-state index is -0.225. The zero-order valence-electron chi connectivity index (χ0n) is 16.1. The molecule has 0 aliphatic heterocycles. The summed E-state index contributed by atoms with van der Waals surface area (Å²) in [7, 11) is 1.99. The Kier molecular flexibility index (Phi) is 4.72. The monoisotopic (exact) mass is 384 g/mol. The number of thioether (sulfide) groups is 1. The van der Waals surface area contributed by atoms with E-state index in [0.717, 1.165) is 33.7 Å². The first-order chi connectivity index (χ1) is 13.0. The maximum Gasteiger partial charge on any atom is 0.191 e. The van der Waals surface area contributed by atoms with Crippen LogP contribution in [0.5, 0.6) is 0 Å². The number of aryl methyl sites for hydroxylation is 1. The van der Waals surface area contributed by atoms with Gasteiger partial charge in [-0.3, -0.25) is 4.79 Å². The second kappa shape index (κ2) is 7.03. The van der Waals surface area contributed by atoms with E-state index in [-0.39, 0.29) is 11.0 Å². The summed E-state index contributed by atoms with van der Waals surface area (Å²) in [6.45, 7) is 6.59. The zero-order valence-corrected chi connectivity index (χ0v) is 16.9. The van der Waals surface area contributed by atoms with E-state index < -0.39 is 0 Å². The molecule has 0 N–H and O–H groups in total. The van der Waals surface area contributed by atoms with Crippen molar-refractivity contribution in [2.24, 2.45) is 7.05 Å². The van der Waals surface area contributed by atoms with Gasteiger partial charge in [0, 0.05) is 29.9 Å². The average molecular weight is 385 g/mol. The number of rotatable bonds is 7. The van der Waals surface area contributed by atoms with Crippen LogP contribution in [-0.2, 0) is 13.6 Å². The first kappa shape index (κ1) is 18.1. The summed E-state index contributed by atoms with van der Waals surface area (Å²) < 4.78 is 9.61. The van der Waals surface area contributed by atoms with Gasteiger partial charge in [-0.1, -0.05) is 11.8 Å². The van der Waals surface area contributed by atoms with Crippen molar-refractivity contribution >= 4 is 17.5 Å². The van der Waals surface area contributed by atoms with Gasteiger partial charge in [-0.05, 0) is 51.8 Å². The highest BCUT2D eigenvalue weighted by Crippen LogP contribution is 2.40. The molecule has 0 bridgehead atoms. The lowest BCUT2D eigenvalue weighted by Crippen LogP contribution is -2.16. The average Bonchev–Trinajstić information content (AvgIpc) is 3.12. The zero-order chi connectivity index (χ0) is 19.1. The first-order valence-electron chi connectivity index (χ1n) is 9.25. The second-order valence-electron chi connectivity index (χ2n) is 7.25. The number of carbonyl (C=O) groups is 1. The van der Waals surface area contributed by atoms with Crippen molar-refractivity contribution in [3.63, 3.8) is 0 Å². The second-order valence-corrected chi connectivity index (χ2v) is 8.56. The number of hydrogen-bond acceptors (Lipinski definition) is 5. The molecule has 0 aromatic carbocycles.